The second-order valence-electron chi connectivity index (χ2n) is 10.8. The van der Waals surface area contributed by atoms with Crippen LogP contribution in [0.3, 0.4) is 0 Å². The third-order valence-electron chi connectivity index (χ3n) is 7.48. The molecule has 2 heterocycles. The Hall–Kier alpha value is -4.30. The van der Waals surface area contributed by atoms with Crippen molar-refractivity contribution in [3.05, 3.63) is 115 Å². The molecule has 0 spiro atoms. The molecule has 0 unspecified atom stereocenters. The van der Waals surface area contributed by atoms with E-state index in [2.05, 4.69) is 140 Å². The molecule has 0 amide bonds. The van der Waals surface area contributed by atoms with Gasteiger partial charge in [-0.15, -0.1) is 0 Å². The van der Waals surface area contributed by atoms with Crippen LogP contribution in [0.4, 0.5) is 0 Å². The van der Waals surface area contributed by atoms with Crippen LogP contribution in [0.1, 0.15) is 26.3 Å². The van der Waals surface area contributed by atoms with Crippen LogP contribution < -0.4 is 0 Å². The maximum atomic E-state index is 3.54. The van der Waals surface area contributed by atoms with Crippen LogP contribution in [0.2, 0.25) is 0 Å². The van der Waals surface area contributed by atoms with Gasteiger partial charge in [-0.1, -0.05) is 81.4 Å². The first-order valence-corrected chi connectivity index (χ1v) is 12.6. The quantitative estimate of drug-likeness (QED) is 0.263. The van der Waals surface area contributed by atoms with Crippen LogP contribution in [0, 0.1) is 0 Å². The van der Waals surface area contributed by atoms with Gasteiger partial charge in [0, 0.05) is 38.3 Å². The summed E-state index contributed by atoms with van der Waals surface area (Å²) in [7, 11) is 0. The van der Waals surface area contributed by atoms with E-state index in [1.54, 1.807) is 0 Å². The summed E-state index contributed by atoms with van der Waals surface area (Å²) in [5.74, 6) is 0. The number of fused-ring (bicyclic) bond motifs is 6. The van der Waals surface area contributed by atoms with Gasteiger partial charge in [-0.25, -0.2) is 0 Å². The van der Waals surface area contributed by atoms with Crippen molar-refractivity contribution in [1.29, 1.82) is 0 Å². The molecule has 0 saturated heterocycles. The van der Waals surface area contributed by atoms with Crippen molar-refractivity contribution in [2.75, 3.05) is 0 Å². The number of aromatic amines is 1. The molecule has 7 aromatic rings. The second-order valence-corrected chi connectivity index (χ2v) is 10.8. The van der Waals surface area contributed by atoms with Crippen LogP contribution in [0.5, 0.6) is 0 Å². The normalized spacial score (nSPS) is 12.3. The van der Waals surface area contributed by atoms with E-state index in [1.165, 1.54) is 66.0 Å². The Morgan fingerprint density at radius 3 is 2.03 bits per heavy atom. The zero-order valence-electron chi connectivity index (χ0n) is 20.8. The Labute approximate surface area is 210 Å². The SMILES string of the molecule is CC(C)(C)c1cccc(-n2c3ccccc3c3cc(-c4ccc5[nH]c6ccccc6c5c4)ccc32)c1. The monoisotopic (exact) mass is 464 g/mol. The molecule has 36 heavy (non-hydrogen) atoms. The van der Waals surface area contributed by atoms with Crippen LogP contribution in [0.25, 0.3) is 60.4 Å². The highest BCUT2D eigenvalue weighted by molar-refractivity contribution is 6.11. The van der Waals surface area contributed by atoms with Crippen molar-refractivity contribution in [3.8, 4) is 16.8 Å². The van der Waals surface area contributed by atoms with Gasteiger partial charge in [0.2, 0.25) is 0 Å². The molecule has 2 heteroatoms. The van der Waals surface area contributed by atoms with Crippen molar-refractivity contribution >= 4 is 43.6 Å². The fourth-order valence-electron chi connectivity index (χ4n) is 5.57. The summed E-state index contributed by atoms with van der Waals surface area (Å²) in [4.78, 5) is 3.54. The van der Waals surface area contributed by atoms with Crippen molar-refractivity contribution in [3.63, 3.8) is 0 Å². The summed E-state index contributed by atoms with van der Waals surface area (Å²) in [6, 6.07) is 39.9. The predicted octanol–water partition coefficient (Wildman–Crippen LogP) is 9.38. The number of nitrogens with zero attached hydrogens (tertiary/aromatic N) is 1. The van der Waals surface area contributed by atoms with E-state index >= 15 is 0 Å². The molecule has 1 N–H and O–H groups in total. The molecule has 0 aliphatic heterocycles. The van der Waals surface area contributed by atoms with E-state index in [-0.39, 0.29) is 5.41 Å². The third-order valence-corrected chi connectivity index (χ3v) is 7.48. The topological polar surface area (TPSA) is 20.7 Å². The van der Waals surface area contributed by atoms with E-state index in [9.17, 15) is 0 Å². The number of benzene rings is 5. The van der Waals surface area contributed by atoms with Crippen LogP contribution in [0.15, 0.2) is 109 Å². The molecule has 174 valence electrons. The molecule has 7 rings (SSSR count). The summed E-state index contributed by atoms with van der Waals surface area (Å²) >= 11 is 0. The first-order chi connectivity index (χ1) is 17.5. The molecule has 0 aliphatic rings. The number of H-pyrrole nitrogens is 1. The maximum Gasteiger partial charge on any atom is 0.0541 e. The van der Waals surface area contributed by atoms with Crippen molar-refractivity contribution in [2.24, 2.45) is 0 Å². The predicted molar refractivity (Wildman–Crippen MR) is 154 cm³/mol. The summed E-state index contributed by atoms with van der Waals surface area (Å²) in [5.41, 5.74) is 9.96. The zero-order valence-corrected chi connectivity index (χ0v) is 20.8. The number of nitrogens with one attached hydrogen (secondary N) is 1. The van der Waals surface area contributed by atoms with E-state index in [4.69, 9.17) is 0 Å². The van der Waals surface area contributed by atoms with E-state index < -0.39 is 0 Å². The molecule has 0 radical (unpaired) electrons. The Kier molecular flexibility index (Phi) is 4.44. The highest BCUT2D eigenvalue weighted by atomic mass is 15.0. The first kappa shape index (κ1) is 21.0. The van der Waals surface area contributed by atoms with Gasteiger partial charge in [0.05, 0.1) is 11.0 Å². The first-order valence-electron chi connectivity index (χ1n) is 12.6. The lowest BCUT2D eigenvalue weighted by Crippen LogP contribution is -2.11. The fourth-order valence-corrected chi connectivity index (χ4v) is 5.57. The molecule has 2 nitrogen and oxygen atoms in total. The number of rotatable bonds is 2. The van der Waals surface area contributed by atoms with Gasteiger partial charge in [0.1, 0.15) is 0 Å². The molecular formula is C34H28N2. The summed E-state index contributed by atoms with van der Waals surface area (Å²) in [6.07, 6.45) is 0. The fraction of sp³-hybridized carbons (Fsp3) is 0.118. The average molecular weight is 465 g/mol. The molecular weight excluding hydrogens is 436 g/mol. The average Bonchev–Trinajstić information content (AvgIpc) is 3.43. The van der Waals surface area contributed by atoms with Crippen LogP contribution in [-0.4, -0.2) is 9.55 Å². The van der Waals surface area contributed by atoms with Crippen molar-refractivity contribution in [2.45, 2.75) is 26.2 Å². The molecule has 0 fully saturated rings. The van der Waals surface area contributed by atoms with Gasteiger partial charge >= 0.3 is 0 Å². The largest absolute Gasteiger partial charge is 0.355 e. The highest BCUT2D eigenvalue weighted by Gasteiger charge is 2.17. The van der Waals surface area contributed by atoms with Gasteiger partial charge < -0.3 is 9.55 Å². The molecule has 2 aromatic heterocycles. The van der Waals surface area contributed by atoms with E-state index in [1.807, 2.05) is 0 Å². The van der Waals surface area contributed by atoms with Gasteiger partial charge in [-0.05, 0) is 70.6 Å². The molecule has 0 saturated carbocycles. The standard InChI is InChI=1S/C34H28N2/c1-34(2,3)24-9-8-10-25(21-24)36-32-14-7-5-12-27(32)29-20-23(16-18-33(29)36)22-15-17-31-28(19-22)26-11-4-6-13-30(26)35-31/h4-21,35H,1-3H3. The second kappa shape index (κ2) is 7.60. The number of aromatic nitrogens is 2. The Morgan fingerprint density at radius 2 is 1.19 bits per heavy atom. The number of para-hydroxylation sites is 2. The van der Waals surface area contributed by atoms with Crippen LogP contribution >= 0.6 is 0 Å². The lowest BCUT2D eigenvalue weighted by Gasteiger charge is -2.20. The Balaban J connectivity index is 1.45. The van der Waals surface area contributed by atoms with E-state index in [0.717, 1.165) is 0 Å². The molecule has 0 atom stereocenters. The third kappa shape index (κ3) is 3.18. The summed E-state index contributed by atoms with van der Waals surface area (Å²) in [6.45, 7) is 6.82. The Morgan fingerprint density at radius 1 is 0.528 bits per heavy atom. The minimum Gasteiger partial charge on any atom is -0.355 e. The Bertz CT molecular complexity index is 1920. The lowest BCUT2D eigenvalue weighted by atomic mass is 9.87. The van der Waals surface area contributed by atoms with Gasteiger partial charge in [0.15, 0.2) is 0 Å². The smallest absolute Gasteiger partial charge is 0.0541 e. The molecule has 5 aromatic carbocycles. The zero-order chi connectivity index (χ0) is 24.4. The number of hydrogen-bond acceptors (Lipinski definition) is 0. The van der Waals surface area contributed by atoms with Gasteiger partial charge in [0.25, 0.3) is 0 Å². The summed E-state index contributed by atoms with van der Waals surface area (Å²) in [5, 5.41) is 5.10. The minimum atomic E-state index is 0.100. The molecule has 0 bridgehead atoms. The summed E-state index contributed by atoms with van der Waals surface area (Å²) < 4.78 is 2.41. The van der Waals surface area contributed by atoms with Crippen molar-refractivity contribution in [1.82, 2.24) is 9.55 Å². The number of hydrogen-bond donors (Lipinski definition) is 1. The van der Waals surface area contributed by atoms with Crippen molar-refractivity contribution < 1.29 is 0 Å². The van der Waals surface area contributed by atoms with Gasteiger partial charge in [-0.2, -0.15) is 0 Å². The maximum absolute atomic E-state index is 3.54. The van der Waals surface area contributed by atoms with Gasteiger partial charge in [-0.3, -0.25) is 0 Å². The highest BCUT2D eigenvalue weighted by Crippen LogP contribution is 2.37. The minimum absolute atomic E-state index is 0.100. The lowest BCUT2D eigenvalue weighted by molar-refractivity contribution is 0.590. The molecule has 0 aliphatic carbocycles. The van der Waals surface area contributed by atoms with Crippen LogP contribution in [-0.2, 0) is 5.41 Å². The van der Waals surface area contributed by atoms with E-state index in [0.29, 0.717) is 0 Å².